The van der Waals surface area contributed by atoms with E-state index in [0.717, 1.165) is 28.8 Å². The Morgan fingerprint density at radius 3 is 2.76 bits per heavy atom. The van der Waals surface area contributed by atoms with Gasteiger partial charge < -0.3 is 10.2 Å². The normalized spacial score (nSPS) is 19.1. The monoisotopic (exact) mass is 344 g/mol. The van der Waals surface area contributed by atoms with Crippen LogP contribution in [0.25, 0.3) is 0 Å². The first-order chi connectivity index (χ1) is 8.02. The van der Waals surface area contributed by atoms with E-state index in [1.807, 2.05) is 29.2 Å². The van der Waals surface area contributed by atoms with Crippen LogP contribution in [0.1, 0.15) is 24.2 Å². The first-order valence-corrected chi connectivity index (χ1v) is 6.87. The number of piperazine rings is 1. The van der Waals surface area contributed by atoms with Gasteiger partial charge in [0.1, 0.15) is 0 Å². The highest BCUT2D eigenvalue weighted by molar-refractivity contribution is 14.1. The fraction of sp³-hybridized carbons (Fsp3) is 0.462. The van der Waals surface area contributed by atoms with Crippen molar-refractivity contribution in [2.75, 3.05) is 19.6 Å². The molecule has 1 aromatic carbocycles. The van der Waals surface area contributed by atoms with E-state index in [4.69, 9.17) is 0 Å². The van der Waals surface area contributed by atoms with Crippen LogP contribution < -0.4 is 5.32 Å². The molecule has 17 heavy (non-hydrogen) atoms. The van der Waals surface area contributed by atoms with Crippen molar-refractivity contribution in [1.29, 1.82) is 0 Å². The summed E-state index contributed by atoms with van der Waals surface area (Å²) < 4.78 is 1.02. The quantitative estimate of drug-likeness (QED) is 0.792. The minimum Gasteiger partial charge on any atom is -0.331 e. The summed E-state index contributed by atoms with van der Waals surface area (Å²) in [5, 5.41) is 3.33. The molecule has 1 aliphatic heterocycles. The van der Waals surface area contributed by atoms with Gasteiger partial charge in [-0.25, -0.2) is 0 Å². The highest BCUT2D eigenvalue weighted by Crippen LogP contribution is 2.21. The zero-order valence-electron chi connectivity index (χ0n) is 10.2. The number of hydrogen-bond acceptors (Lipinski definition) is 2. The van der Waals surface area contributed by atoms with Crippen LogP contribution in [-0.2, 0) is 0 Å². The maximum Gasteiger partial charge on any atom is 0.255 e. The van der Waals surface area contributed by atoms with Crippen LogP contribution in [0.5, 0.6) is 0 Å². The third-order valence-electron chi connectivity index (χ3n) is 3.15. The van der Waals surface area contributed by atoms with Gasteiger partial charge in [0.05, 0.1) is 11.1 Å². The number of hydrogen-bond donors (Lipinski definition) is 1. The SMILES string of the molecule is CC1(C)CNCCN1C(=O)c1ccccc1I. The highest BCUT2D eigenvalue weighted by atomic mass is 127. The molecule has 0 atom stereocenters. The molecule has 3 nitrogen and oxygen atoms in total. The second-order valence-corrected chi connectivity index (χ2v) is 6.09. The smallest absolute Gasteiger partial charge is 0.255 e. The number of amides is 1. The summed E-state index contributed by atoms with van der Waals surface area (Å²) in [6.07, 6.45) is 0. The fourth-order valence-electron chi connectivity index (χ4n) is 2.14. The predicted molar refractivity (Wildman–Crippen MR) is 77.1 cm³/mol. The molecular weight excluding hydrogens is 327 g/mol. The molecule has 0 saturated carbocycles. The molecule has 1 aliphatic rings. The van der Waals surface area contributed by atoms with Gasteiger partial charge in [0.25, 0.3) is 5.91 Å². The van der Waals surface area contributed by atoms with Gasteiger partial charge in [0.2, 0.25) is 0 Å². The van der Waals surface area contributed by atoms with Crippen LogP contribution in [0.15, 0.2) is 24.3 Å². The number of carbonyl (C=O) groups is 1. The molecule has 1 heterocycles. The van der Waals surface area contributed by atoms with E-state index < -0.39 is 0 Å². The summed E-state index contributed by atoms with van der Waals surface area (Å²) in [6, 6.07) is 7.76. The number of rotatable bonds is 1. The minimum absolute atomic E-state index is 0.117. The standard InChI is InChI=1S/C13H17IN2O/c1-13(2)9-15-7-8-16(13)12(17)10-5-3-4-6-11(10)14/h3-6,15H,7-9H2,1-2H3. The molecule has 0 unspecified atom stereocenters. The molecule has 0 radical (unpaired) electrons. The Balaban J connectivity index is 2.28. The summed E-state index contributed by atoms with van der Waals surface area (Å²) >= 11 is 2.22. The van der Waals surface area contributed by atoms with Crippen LogP contribution in [0, 0.1) is 3.57 Å². The zero-order valence-corrected chi connectivity index (χ0v) is 12.3. The van der Waals surface area contributed by atoms with Crippen LogP contribution in [0.4, 0.5) is 0 Å². The Morgan fingerprint density at radius 1 is 1.41 bits per heavy atom. The van der Waals surface area contributed by atoms with Crippen molar-refractivity contribution in [2.24, 2.45) is 0 Å². The molecule has 0 aliphatic carbocycles. The summed E-state index contributed by atoms with van der Waals surface area (Å²) in [6.45, 7) is 6.71. The van der Waals surface area contributed by atoms with Crippen molar-refractivity contribution < 1.29 is 4.79 Å². The van der Waals surface area contributed by atoms with Gasteiger partial charge in [0.15, 0.2) is 0 Å². The molecule has 0 spiro atoms. The molecule has 2 rings (SSSR count). The first-order valence-electron chi connectivity index (χ1n) is 5.79. The average molecular weight is 344 g/mol. The number of halogens is 1. The molecule has 1 fully saturated rings. The average Bonchev–Trinajstić information content (AvgIpc) is 2.28. The largest absolute Gasteiger partial charge is 0.331 e. The van der Waals surface area contributed by atoms with Crippen LogP contribution in [0.3, 0.4) is 0 Å². The maximum absolute atomic E-state index is 12.5. The van der Waals surface area contributed by atoms with Crippen LogP contribution in [-0.4, -0.2) is 36.0 Å². The third kappa shape index (κ3) is 2.63. The molecular formula is C13H17IN2O. The van der Waals surface area contributed by atoms with Crippen molar-refractivity contribution in [3.05, 3.63) is 33.4 Å². The Hall–Kier alpha value is -0.620. The van der Waals surface area contributed by atoms with Crippen molar-refractivity contribution in [2.45, 2.75) is 19.4 Å². The molecule has 0 aromatic heterocycles. The molecule has 92 valence electrons. The lowest BCUT2D eigenvalue weighted by molar-refractivity contribution is 0.0476. The van der Waals surface area contributed by atoms with E-state index in [9.17, 15) is 4.79 Å². The molecule has 1 saturated heterocycles. The fourth-order valence-corrected chi connectivity index (χ4v) is 2.76. The molecule has 4 heteroatoms. The topological polar surface area (TPSA) is 32.3 Å². The minimum atomic E-state index is -0.117. The number of nitrogens with one attached hydrogen (secondary N) is 1. The molecule has 1 aromatic rings. The van der Waals surface area contributed by atoms with E-state index in [0.29, 0.717) is 0 Å². The highest BCUT2D eigenvalue weighted by Gasteiger charge is 2.34. The lowest BCUT2D eigenvalue weighted by Crippen LogP contribution is -2.59. The zero-order chi connectivity index (χ0) is 12.5. The second kappa shape index (κ2) is 4.94. The van der Waals surface area contributed by atoms with Gasteiger partial charge in [-0.1, -0.05) is 12.1 Å². The lowest BCUT2D eigenvalue weighted by atomic mass is 9.99. The summed E-state index contributed by atoms with van der Waals surface area (Å²) in [5.41, 5.74) is 0.692. The van der Waals surface area contributed by atoms with E-state index in [1.54, 1.807) is 0 Å². The molecule has 1 N–H and O–H groups in total. The Kier molecular flexibility index (Phi) is 3.73. The van der Waals surface area contributed by atoms with Crippen molar-refractivity contribution in [3.8, 4) is 0 Å². The van der Waals surface area contributed by atoms with Gasteiger partial charge in [-0.05, 0) is 48.6 Å². The number of carbonyl (C=O) groups excluding carboxylic acids is 1. The van der Waals surface area contributed by atoms with Gasteiger partial charge in [-0.3, -0.25) is 4.79 Å². The molecule has 1 amide bonds. The van der Waals surface area contributed by atoms with E-state index in [2.05, 4.69) is 41.8 Å². The summed E-state index contributed by atoms with van der Waals surface area (Å²) in [4.78, 5) is 14.5. The summed E-state index contributed by atoms with van der Waals surface area (Å²) in [5.74, 6) is 0.140. The van der Waals surface area contributed by atoms with E-state index in [-0.39, 0.29) is 11.4 Å². The van der Waals surface area contributed by atoms with Crippen molar-refractivity contribution >= 4 is 28.5 Å². The Bertz CT molecular complexity index is 431. The maximum atomic E-state index is 12.5. The van der Waals surface area contributed by atoms with Crippen LogP contribution in [0.2, 0.25) is 0 Å². The molecule has 0 bridgehead atoms. The van der Waals surface area contributed by atoms with Gasteiger partial charge >= 0.3 is 0 Å². The van der Waals surface area contributed by atoms with Gasteiger partial charge in [0, 0.05) is 23.2 Å². The first kappa shape index (κ1) is 12.8. The Labute approximate surface area is 116 Å². The van der Waals surface area contributed by atoms with E-state index in [1.165, 1.54) is 0 Å². The number of nitrogens with zero attached hydrogens (tertiary/aromatic N) is 1. The predicted octanol–water partition coefficient (Wildman–Crippen LogP) is 2.12. The summed E-state index contributed by atoms with van der Waals surface area (Å²) in [7, 11) is 0. The second-order valence-electron chi connectivity index (χ2n) is 4.93. The third-order valence-corrected chi connectivity index (χ3v) is 4.09. The lowest BCUT2D eigenvalue weighted by Gasteiger charge is -2.43. The van der Waals surface area contributed by atoms with E-state index >= 15 is 0 Å². The van der Waals surface area contributed by atoms with Gasteiger partial charge in [-0.15, -0.1) is 0 Å². The Morgan fingerprint density at radius 2 is 2.12 bits per heavy atom. The van der Waals surface area contributed by atoms with Crippen molar-refractivity contribution in [1.82, 2.24) is 10.2 Å². The van der Waals surface area contributed by atoms with Crippen molar-refractivity contribution in [3.63, 3.8) is 0 Å². The van der Waals surface area contributed by atoms with Gasteiger partial charge in [-0.2, -0.15) is 0 Å². The van der Waals surface area contributed by atoms with Crippen LogP contribution >= 0.6 is 22.6 Å². The number of benzene rings is 1.